The van der Waals surface area contributed by atoms with Gasteiger partial charge < -0.3 is 19.6 Å². The van der Waals surface area contributed by atoms with Gasteiger partial charge in [0.25, 0.3) is 5.91 Å². The molecule has 1 amide bonds. The molecular formula is C17H18N2O4. The topological polar surface area (TPSA) is 69.2 Å². The van der Waals surface area contributed by atoms with Gasteiger partial charge in [0, 0.05) is 5.56 Å². The molecule has 6 heteroatoms. The maximum absolute atomic E-state index is 11.8. The van der Waals surface area contributed by atoms with Gasteiger partial charge in [-0.05, 0) is 24.3 Å². The van der Waals surface area contributed by atoms with Crippen molar-refractivity contribution in [3.8, 4) is 11.5 Å². The molecule has 0 fully saturated rings. The van der Waals surface area contributed by atoms with Crippen LogP contribution in [0.2, 0.25) is 0 Å². The van der Waals surface area contributed by atoms with E-state index >= 15 is 0 Å². The number of carbonyl (C=O) groups excluding carboxylic acids is 1. The highest BCUT2D eigenvalue weighted by atomic mass is 16.6. The Hall–Kier alpha value is -3.02. The van der Waals surface area contributed by atoms with Crippen LogP contribution in [0.15, 0.2) is 53.7 Å². The van der Waals surface area contributed by atoms with E-state index in [1.54, 1.807) is 32.4 Å². The lowest BCUT2D eigenvalue weighted by Gasteiger charge is -2.09. The van der Waals surface area contributed by atoms with Crippen molar-refractivity contribution >= 4 is 17.8 Å². The molecule has 6 nitrogen and oxygen atoms in total. The Morgan fingerprint density at radius 1 is 1.04 bits per heavy atom. The van der Waals surface area contributed by atoms with Crippen molar-refractivity contribution in [2.75, 3.05) is 26.1 Å². The maximum atomic E-state index is 11.8. The summed E-state index contributed by atoms with van der Waals surface area (Å²) in [6.45, 7) is -0.205. The van der Waals surface area contributed by atoms with Crippen LogP contribution in [0.25, 0.3) is 0 Å². The molecule has 2 aromatic carbocycles. The number of oxime groups is 1. The normalized spacial score (nSPS) is 10.3. The number of ether oxygens (including phenoxy) is 2. The van der Waals surface area contributed by atoms with Gasteiger partial charge >= 0.3 is 0 Å². The van der Waals surface area contributed by atoms with E-state index in [4.69, 9.17) is 14.3 Å². The molecule has 0 bridgehead atoms. The first-order valence-corrected chi connectivity index (χ1v) is 6.96. The number of hydrogen-bond acceptors (Lipinski definition) is 5. The lowest BCUT2D eigenvalue weighted by molar-refractivity contribution is -0.120. The SMILES string of the molecule is COc1ccccc1/C=N\OCC(=O)Nc1ccccc1OC. The molecule has 0 aliphatic carbocycles. The highest BCUT2D eigenvalue weighted by Crippen LogP contribution is 2.22. The summed E-state index contributed by atoms with van der Waals surface area (Å²) in [7, 11) is 3.12. The number of nitrogens with zero attached hydrogens (tertiary/aromatic N) is 1. The van der Waals surface area contributed by atoms with Crippen LogP contribution in [-0.4, -0.2) is 32.9 Å². The van der Waals surface area contributed by atoms with Gasteiger partial charge in [0.1, 0.15) is 11.5 Å². The van der Waals surface area contributed by atoms with Gasteiger partial charge in [-0.25, -0.2) is 0 Å². The number of methoxy groups -OCH3 is 2. The number of rotatable bonds is 7. The van der Waals surface area contributed by atoms with Crippen molar-refractivity contribution in [1.29, 1.82) is 0 Å². The molecule has 120 valence electrons. The van der Waals surface area contributed by atoms with Crippen molar-refractivity contribution < 1.29 is 19.1 Å². The minimum absolute atomic E-state index is 0.205. The molecule has 0 heterocycles. The van der Waals surface area contributed by atoms with Gasteiger partial charge in [0.05, 0.1) is 26.1 Å². The fraction of sp³-hybridized carbons (Fsp3) is 0.176. The van der Waals surface area contributed by atoms with E-state index in [0.29, 0.717) is 17.2 Å². The van der Waals surface area contributed by atoms with Gasteiger partial charge in [-0.15, -0.1) is 0 Å². The summed E-state index contributed by atoms with van der Waals surface area (Å²) in [5.41, 5.74) is 1.34. The molecule has 0 spiro atoms. The number of hydrogen-bond donors (Lipinski definition) is 1. The van der Waals surface area contributed by atoms with Gasteiger partial charge in [-0.3, -0.25) is 4.79 Å². The van der Waals surface area contributed by atoms with Gasteiger partial charge in [0.15, 0.2) is 6.61 Å². The Morgan fingerprint density at radius 2 is 1.70 bits per heavy atom. The third-order valence-electron chi connectivity index (χ3n) is 2.98. The molecule has 0 unspecified atom stereocenters. The average molecular weight is 314 g/mol. The predicted molar refractivity (Wildman–Crippen MR) is 88.2 cm³/mol. The zero-order chi connectivity index (χ0) is 16.5. The smallest absolute Gasteiger partial charge is 0.265 e. The Balaban J connectivity index is 1.86. The number of amides is 1. The Morgan fingerprint density at radius 3 is 2.43 bits per heavy atom. The summed E-state index contributed by atoms with van der Waals surface area (Å²) < 4.78 is 10.3. The summed E-state index contributed by atoms with van der Waals surface area (Å²) >= 11 is 0. The lowest BCUT2D eigenvalue weighted by Crippen LogP contribution is -2.17. The van der Waals surface area contributed by atoms with E-state index in [9.17, 15) is 4.79 Å². The van der Waals surface area contributed by atoms with E-state index < -0.39 is 0 Å². The zero-order valence-electron chi connectivity index (χ0n) is 13.0. The first-order valence-electron chi connectivity index (χ1n) is 6.96. The number of para-hydroxylation sites is 3. The number of benzene rings is 2. The maximum Gasteiger partial charge on any atom is 0.265 e. The Bertz CT molecular complexity index is 686. The van der Waals surface area contributed by atoms with Crippen LogP contribution in [0, 0.1) is 0 Å². The minimum atomic E-state index is -0.327. The van der Waals surface area contributed by atoms with Crippen LogP contribution < -0.4 is 14.8 Å². The van der Waals surface area contributed by atoms with Crippen LogP contribution in [-0.2, 0) is 9.63 Å². The molecule has 0 atom stereocenters. The molecule has 2 aromatic rings. The molecule has 2 rings (SSSR count). The van der Waals surface area contributed by atoms with Gasteiger partial charge in [0.2, 0.25) is 0 Å². The molecule has 0 aliphatic rings. The van der Waals surface area contributed by atoms with Crippen molar-refractivity contribution in [3.05, 3.63) is 54.1 Å². The van der Waals surface area contributed by atoms with Gasteiger partial charge in [-0.1, -0.05) is 29.4 Å². The van der Waals surface area contributed by atoms with Crippen LogP contribution in [0.1, 0.15) is 5.56 Å². The molecule has 0 radical (unpaired) electrons. The highest BCUT2D eigenvalue weighted by molar-refractivity contribution is 5.93. The monoisotopic (exact) mass is 314 g/mol. The second-order valence-electron chi connectivity index (χ2n) is 4.50. The molecule has 0 aromatic heterocycles. The first-order chi connectivity index (χ1) is 11.2. The summed E-state index contributed by atoms with van der Waals surface area (Å²) in [4.78, 5) is 16.8. The van der Waals surface area contributed by atoms with Crippen LogP contribution >= 0.6 is 0 Å². The zero-order valence-corrected chi connectivity index (χ0v) is 13.0. The Labute approximate surface area is 134 Å². The van der Waals surface area contributed by atoms with E-state index in [1.807, 2.05) is 30.3 Å². The highest BCUT2D eigenvalue weighted by Gasteiger charge is 2.07. The third-order valence-corrected chi connectivity index (χ3v) is 2.98. The summed E-state index contributed by atoms with van der Waals surface area (Å²) in [6, 6.07) is 14.5. The van der Waals surface area contributed by atoms with E-state index in [1.165, 1.54) is 6.21 Å². The standard InChI is InChI=1S/C17H18N2O4/c1-21-15-9-5-3-7-13(15)11-18-23-12-17(20)19-14-8-4-6-10-16(14)22-2/h3-11H,12H2,1-2H3,(H,19,20)/b18-11-. The van der Waals surface area contributed by atoms with E-state index in [-0.39, 0.29) is 12.5 Å². The fourth-order valence-corrected chi connectivity index (χ4v) is 1.90. The quantitative estimate of drug-likeness (QED) is 0.630. The molecule has 23 heavy (non-hydrogen) atoms. The lowest BCUT2D eigenvalue weighted by atomic mass is 10.2. The van der Waals surface area contributed by atoms with Crippen LogP contribution in [0.3, 0.4) is 0 Å². The van der Waals surface area contributed by atoms with Crippen molar-refractivity contribution in [3.63, 3.8) is 0 Å². The van der Waals surface area contributed by atoms with Gasteiger partial charge in [-0.2, -0.15) is 0 Å². The second-order valence-corrected chi connectivity index (χ2v) is 4.50. The van der Waals surface area contributed by atoms with Crippen molar-refractivity contribution in [2.45, 2.75) is 0 Å². The first kappa shape index (κ1) is 16.4. The van der Waals surface area contributed by atoms with Crippen molar-refractivity contribution in [2.24, 2.45) is 5.16 Å². The van der Waals surface area contributed by atoms with Crippen LogP contribution in [0.5, 0.6) is 11.5 Å². The number of carbonyl (C=O) groups is 1. The molecule has 0 saturated carbocycles. The number of nitrogens with one attached hydrogen (secondary N) is 1. The Kier molecular flexibility index (Phi) is 5.99. The molecule has 0 aliphatic heterocycles. The van der Waals surface area contributed by atoms with E-state index in [0.717, 1.165) is 5.56 Å². The summed E-state index contributed by atoms with van der Waals surface area (Å²) in [6.07, 6.45) is 1.50. The molecular weight excluding hydrogens is 296 g/mol. The summed E-state index contributed by atoms with van der Waals surface area (Å²) in [5.74, 6) is 0.934. The predicted octanol–water partition coefficient (Wildman–Crippen LogP) is 2.69. The van der Waals surface area contributed by atoms with E-state index in [2.05, 4.69) is 10.5 Å². The third kappa shape index (κ3) is 4.74. The molecule has 0 saturated heterocycles. The van der Waals surface area contributed by atoms with Crippen LogP contribution in [0.4, 0.5) is 5.69 Å². The van der Waals surface area contributed by atoms with Crippen molar-refractivity contribution in [1.82, 2.24) is 0 Å². The minimum Gasteiger partial charge on any atom is -0.496 e. The molecule has 1 N–H and O–H groups in total. The number of anilines is 1. The second kappa shape index (κ2) is 8.43. The summed E-state index contributed by atoms with van der Waals surface area (Å²) in [5, 5.41) is 6.47. The fourth-order valence-electron chi connectivity index (χ4n) is 1.90. The largest absolute Gasteiger partial charge is 0.496 e. The average Bonchev–Trinajstić information content (AvgIpc) is 2.59.